The molecule has 0 bridgehead atoms. The minimum Gasteiger partial charge on any atom is -0.478 e. The zero-order chi connectivity index (χ0) is 17.1. The van der Waals surface area contributed by atoms with Crippen molar-refractivity contribution in [3.63, 3.8) is 0 Å². The maximum Gasteiger partial charge on any atom is 0.335 e. The van der Waals surface area contributed by atoms with E-state index >= 15 is 0 Å². The number of hydrogen-bond donors (Lipinski definition) is 1. The van der Waals surface area contributed by atoms with Crippen LogP contribution < -0.4 is 0 Å². The summed E-state index contributed by atoms with van der Waals surface area (Å²) in [6, 6.07) is 10.2. The second-order valence-corrected chi connectivity index (χ2v) is 6.12. The minimum absolute atomic E-state index is 0.212. The molecule has 0 atom stereocenters. The molecular formula is C17H14N2O4S. The number of carbonyl (C=O) groups excluding carboxylic acids is 1. The van der Waals surface area contributed by atoms with Gasteiger partial charge in [-0.2, -0.15) is 0 Å². The van der Waals surface area contributed by atoms with Crippen LogP contribution >= 0.6 is 11.3 Å². The lowest BCUT2D eigenvalue weighted by molar-refractivity contribution is 0.0695. The van der Waals surface area contributed by atoms with Crippen molar-refractivity contribution in [2.24, 2.45) is 0 Å². The zero-order valence-electron chi connectivity index (χ0n) is 12.8. The number of nitrogens with zero attached hydrogens (tertiary/aromatic N) is 2. The second kappa shape index (κ2) is 6.67. The molecule has 0 aliphatic heterocycles. The quantitative estimate of drug-likeness (QED) is 0.768. The molecule has 0 aliphatic rings. The van der Waals surface area contributed by atoms with Crippen molar-refractivity contribution >= 4 is 23.2 Å². The molecule has 0 radical (unpaired) electrons. The number of oxazole rings is 1. The fourth-order valence-corrected chi connectivity index (χ4v) is 2.97. The van der Waals surface area contributed by atoms with Gasteiger partial charge < -0.3 is 14.4 Å². The number of hydrogen-bond acceptors (Lipinski definition) is 5. The predicted octanol–water partition coefficient (Wildman–Crippen LogP) is 3.37. The van der Waals surface area contributed by atoms with Gasteiger partial charge in [0.25, 0.3) is 5.91 Å². The number of benzene rings is 1. The minimum atomic E-state index is -0.978. The van der Waals surface area contributed by atoms with Gasteiger partial charge in [0.05, 0.1) is 10.4 Å². The number of carboxylic acids is 1. The molecule has 2 aromatic heterocycles. The van der Waals surface area contributed by atoms with Crippen LogP contribution in [-0.4, -0.2) is 33.9 Å². The molecule has 0 saturated heterocycles. The Balaban J connectivity index is 1.76. The van der Waals surface area contributed by atoms with Gasteiger partial charge in [-0.3, -0.25) is 4.79 Å². The average molecular weight is 342 g/mol. The van der Waals surface area contributed by atoms with Crippen LogP contribution in [0, 0.1) is 0 Å². The van der Waals surface area contributed by atoms with Crippen LogP contribution in [0.3, 0.4) is 0 Å². The third kappa shape index (κ3) is 3.21. The van der Waals surface area contributed by atoms with E-state index in [0.717, 1.165) is 10.4 Å². The molecule has 1 N–H and O–H groups in total. The first-order valence-corrected chi connectivity index (χ1v) is 7.99. The van der Waals surface area contributed by atoms with Gasteiger partial charge in [0.2, 0.25) is 0 Å². The van der Waals surface area contributed by atoms with Gasteiger partial charge in [-0.25, -0.2) is 9.78 Å². The molecule has 6 nitrogen and oxygen atoms in total. The van der Waals surface area contributed by atoms with Gasteiger partial charge in [0, 0.05) is 13.6 Å². The van der Waals surface area contributed by atoms with Crippen molar-refractivity contribution in [2.45, 2.75) is 6.54 Å². The van der Waals surface area contributed by atoms with E-state index in [1.54, 1.807) is 19.2 Å². The summed E-state index contributed by atoms with van der Waals surface area (Å²) in [5.74, 6) is -0.772. The first-order valence-electron chi connectivity index (χ1n) is 7.11. The van der Waals surface area contributed by atoms with Crippen molar-refractivity contribution in [1.82, 2.24) is 9.88 Å². The zero-order valence-corrected chi connectivity index (χ0v) is 13.6. The first-order chi connectivity index (χ1) is 11.6. The number of carboxylic acid groups (broad SMARTS) is 1. The van der Waals surface area contributed by atoms with Gasteiger partial charge in [0.1, 0.15) is 0 Å². The molecule has 1 aromatic carbocycles. The molecule has 122 valence electrons. The Bertz CT molecular complexity index is 853. The Morgan fingerprint density at radius 2 is 2.00 bits per heavy atom. The van der Waals surface area contributed by atoms with Crippen molar-refractivity contribution in [2.75, 3.05) is 7.05 Å². The molecular weight excluding hydrogens is 328 g/mol. The van der Waals surface area contributed by atoms with Gasteiger partial charge in [-0.05, 0) is 29.1 Å². The van der Waals surface area contributed by atoms with E-state index in [4.69, 9.17) is 9.52 Å². The Hall–Kier alpha value is -2.93. The van der Waals surface area contributed by atoms with Crippen LogP contribution in [0.15, 0.2) is 52.6 Å². The normalized spacial score (nSPS) is 10.5. The van der Waals surface area contributed by atoms with Crippen LogP contribution in [0.2, 0.25) is 0 Å². The average Bonchev–Trinajstić information content (AvgIpc) is 3.25. The van der Waals surface area contributed by atoms with Gasteiger partial charge in [0.15, 0.2) is 17.8 Å². The number of carbonyl (C=O) groups is 2. The maximum absolute atomic E-state index is 12.6. The highest BCUT2D eigenvalue weighted by atomic mass is 32.1. The summed E-state index contributed by atoms with van der Waals surface area (Å²) in [5, 5.41) is 10.8. The van der Waals surface area contributed by atoms with E-state index in [1.807, 2.05) is 17.5 Å². The molecule has 0 unspecified atom stereocenters. The van der Waals surface area contributed by atoms with E-state index in [9.17, 15) is 9.59 Å². The highest BCUT2D eigenvalue weighted by Gasteiger charge is 2.22. The number of aromatic nitrogens is 1. The number of aromatic carboxylic acids is 1. The topological polar surface area (TPSA) is 83.6 Å². The summed E-state index contributed by atoms with van der Waals surface area (Å²) in [6.07, 6.45) is 1.26. The molecule has 0 spiro atoms. The Labute approximate surface area is 142 Å². The third-order valence-corrected chi connectivity index (χ3v) is 4.35. The maximum atomic E-state index is 12.6. The highest BCUT2D eigenvalue weighted by molar-refractivity contribution is 7.13. The van der Waals surface area contributed by atoms with Crippen LogP contribution in [-0.2, 0) is 6.54 Å². The summed E-state index contributed by atoms with van der Waals surface area (Å²) >= 11 is 1.47. The van der Waals surface area contributed by atoms with Crippen LogP contribution in [0.4, 0.5) is 0 Å². The lowest BCUT2D eigenvalue weighted by Gasteiger charge is -2.16. The largest absolute Gasteiger partial charge is 0.478 e. The van der Waals surface area contributed by atoms with Gasteiger partial charge in [-0.15, -0.1) is 11.3 Å². The summed E-state index contributed by atoms with van der Waals surface area (Å²) in [5.41, 5.74) is 1.31. The first kappa shape index (κ1) is 15.9. The van der Waals surface area contributed by atoms with E-state index in [0.29, 0.717) is 12.3 Å². The monoisotopic (exact) mass is 342 g/mol. The SMILES string of the molecule is CN(Cc1ccc(C(=O)O)cc1)C(=O)c1ncoc1-c1cccs1. The van der Waals surface area contributed by atoms with E-state index in [1.165, 1.54) is 34.8 Å². The Kier molecular flexibility index (Phi) is 4.43. The number of thiophene rings is 1. The Morgan fingerprint density at radius 3 is 2.62 bits per heavy atom. The molecule has 0 fully saturated rings. The molecule has 1 amide bonds. The van der Waals surface area contributed by atoms with Crippen LogP contribution in [0.1, 0.15) is 26.4 Å². The highest BCUT2D eigenvalue weighted by Crippen LogP contribution is 2.28. The molecule has 3 aromatic rings. The lowest BCUT2D eigenvalue weighted by Crippen LogP contribution is -2.26. The molecule has 0 aliphatic carbocycles. The number of amides is 1. The third-order valence-electron chi connectivity index (χ3n) is 3.48. The molecule has 2 heterocycles. The molecule has 0 saturated carbocycles. The van der Waals surface area contributed by atoms with E-state index in [2.05, 4.69) is 4.98 Å². The summed E-state index contributed by atoms with van der Waals surface area (Å²) in [7, 11) is 1.67. The lowest BCUT2D eigenvalue weighted by atomic mass is 10.1. The predicted molar refractivity (Wildman–Crippen MR) is 89.0 cm³/mol. The number of rotatable bonds is 5. The van der Waals surface area contributed by atoms with E-state index < -0.39 is 5.97 Å². The van der Waals surface area contributed by atoms with Crippen LogP contribution in [0.25, 0.3) is 10.6 Å². The van der Waals surface area contributed by atoms with Crippen molar-refractivity contribution in [1.29, 1.82) is 0 Å². The van der Waals surface area contributed by atoms with Gasteiger partial charge >= 0.3 is 5.97 Å². The van der Waals surface area contributed by atoms with Crippen molar-refractivity contribution in [3.05, 3.63) is 65.0 Å². The van der Waals surface area contributed by atoms with Crippen LogP contribution in [0.5, 0.6) is 0 Å². The smallest absolute Gasteiger partial charge is 0.335 e. The fraction of sp³-hybridized carbons (Fsp3) is 0.118. The second-order valence-electron chi connectivity index (χ2n) is 5.17. The van der Waals surface area contributed by atoms with Crippen molar-refractivity contribution in [3.8, 4) is 10.6 Å². The Morgan fingerprint density at radius 1 is 1.25 bits per heavy atom. The summed E-state index contributed by atoms with van der Waals surface area (Å²) in [4.78, 5) is 29.9. The van der Waals surface area contributed by atoms with E-state index in [-0.39, 0.29) is 17.2 Å². The summed E-state index contributed by atoms with van der Waals surface area (Å²) < 4.78 is 5.36. The summed E-state index contributed by atoms with van der Waals surface area (Å²) in [6.45, 7) is 0.343. The molecule has 3 rings (SSSR count). The standard InChI is InChI=1S/C17H14N2O4S/c1-19(9-11-4-6-12(7-5-11)17(21)22)16(20)14-15(23-10-18-14)13-3-2-8-24-13/h2-8,10H,9H2,1H3,(H,21,22). The van der Waals surface area contributed by atoms with Crippen molar-refractivity contribution < 1.29 is 19.1 Å². The molecule has 24 heavy (non-hydrogen) atoms. The fourth-order valence-electron chi connectivity index (χ4n) is 2.26. The molecule has 7 heteroatoms. The van der Waals surface area contributed by atoms with Gasteiger partial charge in [-0.1, -0.05) is 18.2 Å².